The molecule has 2 aromatic rings. The van der Waals surface area contributed by atoms with E-state index in [9.17, 15) is 9.90 Å². The number of hydrogen-bond acceptors (Lipinski definition) is 6. The van der Waals surface area contributed by atoms with Gasteiger partial charge >= 0.3 is 6.09 Å². The normalized spacial score (nSPS) is 14.7. The van der Waals surface area contributed by atoms with Crippen LogP contribution < -0.4 is 10.6 Å². The monoisotopic (exact) mass is 417 g/mol. The van der Waals surface area contributed by atoms with Crippen LogP contribution in [0.5, 0.6) is 0 Å². The largest absolute Gasteiger partial charge is 0.444 e. The van der Waals surface area contributed by atoms with Crippen molar-refractivity contribution in [3.05, 3.63) is 53.7 Å². The van der Waals surface area contributed by atoms with Crippen molar-refractivity contribution in [1.29, 1.82) is 0 Å². The molecule has 0 aliphatic carbocycles. The molecule has 1 heterocycles. The van der Waals surface area contributed by atoms with Crippen molar-refractivity contribution in [3.8, 4) is 0 Å². The van der Waals surface area contributed by atoms with Crippen LogP contribution in [0.3, 0.4) is 0 Å². The summed E-state index contributed by atoms with van der Waals surface area (Å²) in [6.45, 7) is 10.0. The molecule has 0 unspecified atom stereocenters. The van der Waals surface area contributed by atoms with E-state index >= 15 is 0 Å². The van der Waals surface area contributed by atoms with E-state index in [2.05, 4.69) is 22.5 Å². The van der Waals surface area contributed by atoms with Crippen molar-refractivity contribution < 1.29 is 19.1 Å². The predicted molar refractivity (Wildman–Crippen MR) is 116 cm³/mol. The number of amides is 1. The first-order valence-electron chi connectivity index (χ1n) is 10.5. The number of nitrogens with zero attached hydrogens (tertiary/aromatic N) is 1. The molecule has 3 N–H and O–H groups in total. The second-order valence-electron chi connectivity index (χ2n) is 8.62. The van der Waals surface area contributed by atoms with Gasteiger partial charge in [0.25, 0.3) is 0 Å². The number of aliphatic hydroxyl groups excluding tert-OH is 1. The summed E-state index contributed by atoms with van der Waals surface area (Å²) in [4.78, 5) is 16.6. The Hall–Kier alpha value is -2.38. The quantitative estimate of drug-likeness (QED) is 0.541. The molecule has 1 amide bonds. The van der Waals surface area contributed by atoms with Gasteiger partial charge in [0.2, 0.25) is 5.89 Å². The number of hydrogen-bond donors (Lipinski definition) is 3. The molecule has 0 aliphatic rings. The highest BCUT2D eigenvalue weighted by atomic mass is 16.6. The minimum absolute atomic E-state index is 0.0194. The third kappa shape index (κ3) is 7.80. The summed E-state index contributed by atoms with van der Waals surface area (Å²) >= 11 is 0. The Morgan fingerprint density at radius 3 is 2.57 bits per heavy atom. The number of alkyl carbamates (subject to hydrolysis) is 1. The molecule has 2 rings (SSSR count). The Kier molecular flexibility index (Phi) is 8.87. The lowest BCUT2D eigenvalue weighted by molar-refractivity contribution is 0.0474. The lowest BCUT2D eigenvalue weighted by Crippen LogP contribution is -2.37. The zero-order valence-corrected chi connectivity index (χ0v) is 18.6. The Balaban J connectivity index is 1.99. The molecule has 0 fully saturated rings. The van der Waals surface area contributed by atoms with Gasteiger partial charge in [0, 0.05) is 6.04 Å². The van der Waals surface area contributed by atoms with Crippen LogP contribution in [0.25, 0.3) is 0 Å². The molecular weight excluding hydrogens is 382 g/mol. The number of rotatable bonds is 10. The van der Waals surface area contributed by atoms with Gasteiger partial charge in [-0.1, -0.05) is 50.6 Å². The van der Waals surface area contributed by atoms with Crippen molar-refractivity contribution in [1.82, 2.24) is 15.6 Å². The molecular formula is C23H35N3O4. The lowest BCUT2D eigenvalue weighted by atomic mass is 9.99. The van der Waals surface area contributed by atoms with Crippen molar-refractivity contribution in [2.75, 3.05) is 6.61 Å². The van der Waals surface area contributed by atoms with Crippen LogP contribution in [0.15, 0.2) is 40.9 Å². The maximum atomic E-state index is 12.3. The second-order valence-corrected chi connectivity index (χ2v) is 8.62. The number of carbonyl (C=O) groups excluding carboxylic acids is 1. The molecule has 7 heteroatoms. The third-order valence-electron chi connectivity index (χ3n) is 4.83. The van der Waals surface area contributed by atoms with Crippen LogP contribution in [-0.2, 0) is 17.7 Å². The number of ether oxygens (including phenoxy) is 1. The van der Waals surface area contributed by atoms with E-state index in [-0.39, 0.29) is 24.6 Å². The standard InChI is InChI=1S/C23H35N3O4/c1-6-16(2)20(26-22(28)30-23(3,4)5)21-25-14-19(29-21)13-24-18(15-27)12-17-10-8-7-9-11-17/h7-11,14,16,18,20,24,27H,6,12-13,15H2,1-5H3,(H,26,28)/t16-,18+,20-/m0/s1. The van der Waals surface area contributed by atoms with Gasteiger partial charge in [0.05, 0.1) is 19.3 Å². The number of benzene rings is 1. The average molecular weight is 418 g/mol. The zero-order valence-electron chi connectivity index (χ0n) is 18.6. The van der Waals surface area contributed by atoms with Crippen LogP contribution in [0.4, 0.5) is 4.79 Å². The van der Waals surface area contributed by atoms with Crippen LogP contribution >= 0.6 is 0 Å². The first-order valence-corrected chi connectivity index (χ1v) is 10.5. The van der Waals surface area contributed by atoms with E-state index in [1.54, 1.807) is 6.20 Å². The maximum absolute atomic E-state index is 12.3. The van der Waals surface area contributed by atoms with E-state index in [0.29, 0.717) is 24.6 Å². The predicted octanol–water partition coefficient (Wildman–Crippen LogP) is 3.98. The van der Waals surface area contributed by atoms with E-state index in [1.165, 1.54) is 0 Å². The molecule has 0 saturated heterocycles. The summed E-state index contributed by atoms with van der Waals surface area (Å²) in [7, 11) is 0. The fourth-order valence-electron chi connectivity index (χ4n) is 3.01. The Bertz CT molecular complexity index is 770. The maximum Gasteiger partial charge on any atom is 0.408 e. The Morgan fingerprint density at radius 2 is 1.97 bits per heavy atom. The number of nitrogens with one attached hydrogen (secondary N) is 2. The first-order chi connectivity index (χ1) is 14.2. The topological polar surface area (TPSA) is 96.6 Å². The van der Waals surface area contributed by atoms with Crippen LogP contribution in [0.2, 0.25) is 0 Å². The number of aliphatic hydroxyl groups is 1. The second kappa shape index (κ2) is 11.1. The van der Waals surface area contributed by atoms with Gasteiger partial charge in [0.1, 0.15) is 17.4 Å². The zero-order chi connectivity index (χ0) is 22.1. The Labute approximate surface area is 179 Å². The van der Waals surface area contributed by atoms with Crippen molar-refractivity contribution >= 4 is 6.09 Å². The van der Waals surface area contributed by atoms with E-state index in [4.69, 9.17) is 9.15 Å². The fraction of sp³-hybridized carbons (Fsp3) is 0.565. The van der Waals surface area contributed by atoms with E-state index in [1.807, 2.05) is 58.0 Å². The molecule has 0 bridgehead atoms. The van der Waals surface area contributed by atoms with Crippen molar-refractivity contribution in [3.63, 3.8) is 0 Å². The molecule has 166 valence electrons. The Morgan fingerprint density at radius 1 is 1.27 bits per heavy atom. The fourth-order valence-corrected chi connectivity index (χ4v) is 3.01. The van der Waals surface area contributed by atoms with E-state index in [0.717, 1.165) is 12.0 Å². The van der Waals surface area contributed by atoms with Gasteiger partial charge in [-0.3, -0.25) is 0 Å². The highest BCUT2D eigenvalue weighted by molar-refractivity contribution is 5.68. The SMILES string of the molecule is CC[C@H](C)[C@H](NC(=O)OC(C)(C)C)c1ncc(CN[C@@H](CO)Cc2ccccc2)o1. The highest BCUT2D eigenvalue weighted by Gasteiger charge is 2.27. The summed E-state index contributed by atoms with van der Waals surface area (Å²) in [6, 6.07) is 9.55. The molecule has 0 spiro atoms. The minimum atomic E-state index is -0.576. The molecule has 0 radical (unpaired) electrons. The van der Waals surface area contributed by atoms with Crippen molar-refractivity contribution in [2.24, 2.45) is 5.92 Å². The number of oxazole rings is 1. The van der Waals surface area contributed by atoms with Crippen LogP contribution in [-0.4, -0.2) is 34.4 Å². The third-order valence-corrected chi connectivity index (χ3v) is 4.83. The number of aromatic nitrogens is 1. The molecule has 0 aliphatic heterocycles. The van der Waals surface area contributed by atoms with Gasteiger partial charge in [-0.25, -0.2) is 9.78 Å². The van der Waals surface area contributed by atoms with Crippen molar-refractivity contribution in [2.45, 2.75) is 71.7 Å². The molecule has 7 nitrogen and oxygen atoms in total. The minimum Gasteiger partial charge on any atom is -0.444 e. The number of carbonyl (C=O) groups is 1. The summed E-state index contributed by atoms with van der Waals surface area (Å²) in [5.74, 6) is 1.23. The molecule has 3 atom stereocenters. The smallest absolute Gasteiger partial charge is 0.408 e. The average Bonchev–Trinajstić information content (AvgIpc) is 3.16. The summed E-state index contributed by atoms with van der Waals surface area (Å²) in [5, 5.41) is 15.9. The van der Waals surface area contributed by atoms with E-state index < -0.39 is 11.7 Å². The lowest BCUT2D eigenvalue weighted by Gasteiger charge is -2.25. The molecule has 1 aromatic carbocycles. The van der Waals surface area contributed by atoms with Gasteiger partial charge < -0.3 is 24.9 Å². The summed E-state index contributed by atoms with van der Waals surface area (Å²) < 4.78 is 11.3. The van der Waals surface area contributed by atoms with Crippen LogP contribution in [0, 0.1) is 5.92 Å². The van der Waals surface area contributed by atoms with Gasteiger partial charge in [-0.2, -0.15) is 0 Å². The van der Waals surface area contributed by atoms with Gasteiger partial charge in [-0.15, -0.1) is 0 Å². The summed E-state index contributed by atoms with van der Waals surface area (Å²) in [6.07, 6.45) is 2.73. The molecule has 1 aromatic heterocycles. The van der Waals surface area contributed by atoms with Crippen LogP contribution in [0.1, 0.15) is 64.3 Å². The van der Waals surface area contributed by atoms with Gasteiger partial charge in [0.15, 0.2) is 0 Å². The highest BCUT2D eigenvalue weighted by Crippen LogP contribution is 2.25. The summed E-state index contributed by atoms with van der Waals surface area (Å²) in [5.41, 5.74) is 0.578. The molecule has 30 heavy (non-hydrogen) atoms. The molecule has 0 saturated carbocycles. The van der Waals surface area contributed by atoms with Gasteiger partial charge in [-0.05, 0) is 38.7 Å². The first kappa shape index (κ1) is 23.9.